The first-order valence-electron chi connectivity index (χ1n) is 11.7. The summed E-state index contributed by atoms with van der Waals surface area (Å²) in [5, 5.41) is 21.5. The Hall–Kier alpha value is -3.52. The number of benzene rings is 1. The van der Waals surface area contributed by atoms with Crippen molar-refractivity contribution in [2.75, 3.05) is 13.1 Å². The highest BCUT2D eigenvalue weighted by atomic mass is 32.2. The van der Waals surface area contributed by atoms with Gasteiger partial charge in [-0.15, -0.1) is 10.2 Å². The van der Waals surface area contributed by atoms with Gasteiger partial charge in [0.05, 0.1) is 28.1 Å². The first-order valence-corrected chi connectivity index (χ1v) is 13.3. The Morgan fingerprint density at radius 2 is 1.94 bits per heavy atom. The number of rotatable bonds is 7. The van der Waals surface area contributed by atoms with Crippen molar-refractivity contribution in [2.24, 2.45) is 7.05 Å². The monoisotopic (exact) mass is 492 g/mol. The van der Waals surface area contributed by atoms with E-state index in [0.29, 0.717) is 55.1 Å². The molecule has 35 heavy (non-hydrogen) atoms. The quantitative estimate of drug-likeness (QED) is 0.489. The molecule has 3 aliphatic rings. The smallest absolute Gasteiger partial charge is 0.272 e. The third-order valence-electron chi connectivity index (χ3n) is 7.23. The van der Waals surface area contributed by atoms with Crippen LogP contribution in [0.3, 0.4) is 0 Å². The summed E-state index contributed by atoms with van der Waals surface area (Å²) in [6, 6.07) is 9.25. The molecule has 2 saturated carbocycles. The summed E-state index contributed by atoms with van der Waals surface area (Å²) in [5.41, 5.74) is 3.19. The number of nitriles is 1. The lowest BCUT2D eigenvalue weighted by Crippen LogP contribution is -2.46. The topological polar surface area (TPSA) is 135 Å². The van der Waals surface area contributed by atoms with Gasteiger partial charge in [0.2, 0.25) is 5.89 Å². The minimum absolute atomic E-state index is 0.206. The highest BCUT2D eigenvalue weighted by Crippen LogP contribution is 2.51. The van der Waals surface area contributed by atoms with Gasteiger partial charge >= 0.3 is 0 Å². The molecule has 2 fully saturated rings. The van der Waals surface area contributed by atoms with E-state index >= 15 is 0 Å². The van der Waals surface area contributed by atoms with Gasteiger partial charge in [0.1, 0.15) is 5.69 Å². The number of aryl methyl sites for hydroxylation is 1. The fourth-order valence-corrected chi connectivity index (χ4v) is 7.41. The average molecular weight is 493 g/mol. The van der Waals surface area contributed by atoms with E-state index < -0.39 is 14.6 Å². The van der Waals surface area contributed by atoms with Crippen molar-refractivity contribution < 1.29 is 17.6 Å². The lowest BCUT2D eigenvalue weighted by Gasteiger charge is -2.31. The Morgan fingerprint density at radius 3 is 2.60 bits per heavy atom. The fourth-order valence-electron chi connectivity index (χ4n) is 4.94. The highest BCUT2D eigenvalue weighted by molar-refractivity contribution is 7.94. The van der Waals surface area contributed by atoms with Crippen LogP contribution in [-0.2, 0) is 29.7 Å². The Labute approximate surface area is 202 Å². The summed E-state index contributed by atoms with van der Waals surface area (Å²) in [6.07, 6.45) is 3.69. The third kappa shape index (κ3) is 3.63. The summed E-state index contributed by atoms with van der Waals surface area (Å²) in [5.74, 6) is 0.456. The predicted octanol–water partition coefficient (Wildman–Crippen LogP) is 2.04. The summed E-state index contributed by atoms with van der Waals surface area (Å²) in [4.78, 5) is 15.1. The van der Waals surface area contributed by atoms with Crippen molar-refractivity contribution in [1.82, 2.24) is 24.9 Å². The second kappa shape index (κ2) is 7.75. The van der Waals surface area contributed by atoms with Crippen molar-refractivity contribution >= 4 is 15.7 Å². The van der Waals surface area contributed by atoms with Crippen LogP contribution in [0, 0.1) is 11.3 Å². The predicted molar refractivity (Wildman–Crippen MR) is 124 cm³/mol. The lowest BCUT2D eigenvalue weighted by molar-refractivity contribution is 0.0724. The molecule has 3 heterocycles. The molecule has 0 bridgehead atoms. The number of fused-ring (bicyclic) bond motifs is 1. The SMILES string of the molecule is Cn1nc(-c2nnc(Cc3ccc(C#N)cc3)o2)c2c1C(=O)N(CC1(S(=O)(=O)C3CC3)CC1)CC2. The number of hydrogen-bond donors (Lipinski definition) is 0. The van der Waals surface area contributed by atoms with Crippen LogP contribution in [0.2, 0.25) is 0 Å². The zero-order valence-electron chi connectivity index (χ0n) is 19.3. The third-order valence-corrected chi connectivity index (χ3v) is 10.3. The van der Waals surface area contributed by atoms with Crippen molar-refractivity contribution in [2.45, 2.75) is 48.5 Å². The van der Waals surface area contributed by atoms with E-state index in [0.717, 1.165) is 24.0 Å². The van der Waals surface area contributed by atoms with E-state index in [4.69, 9.17) is 9.68 Å². The Balaban J connectivity index is 1.22. The molecule has 2 aliphatic carbocycles. The van der Waals surface area contributed by atoms with Crippen LogP contribution in [0.15, 0.2) is 28.7 Å². The average Bonchev–Trinajstić information content (AvgIpc) is 3.77. The molecule has 1 amide bonds. The zero-order valence-corrected chi connectivity index (χ0v) is 20.1. The molecule has 0 unspecified atom stereocenters. The summed E-state index contributed by atoms with van der Waals surface area (Å²) in [7, 11) is -1.49. The molecular weight excluding hydrogens is 468 g/mol. The first-order chi connectivity index (χ1) is 16.8. The minimum atomic E-state index is -3.19. The Morgan fingerprint density at radius 1 is 1.20 bits per heavy atom. The van der Waals surface area contributed by atoms with Gasteiger partial charge in [-0.2, -0.15) is 10.4 Å². The van der Waals surface area contributed by atoms with Crippen LogP contribution < -0.4 is 0 Å². The molecule has 0 atom stereocenters. The number of aromatic nitrogens is 4. The van der Waals surface area contributed by atoms with E-state index in [-0.39, 0.29) is 23.6 Å². The van der Waals surface area contributed by atoms with Crippen molar-refractivity contribution in [1.29, 1.82) is 5.26 Å². The molecule has 0 spiro atoms. The number of nitrogens with zero attached hydrogens (tertiary/aromatic N) is 6. The second-order valence-electron chi connectivity index (χ2n) is 9.69. The van der Waals surface area contributed by atoms with E-state index in [1.54, 1.807) is 24.1 Å². The normalized spacial score (nSPS) is 18.9. The van der Waals surface area contributed by atoms with Gasteiger partial charge in [0.15, 0.2) is 15.5 Å². The first kappa shape index (κ1) is 22.0. The molecule has 1 aromatic carbocycles. The number of sulfone groups is 1. The molecule has 180 valence electrons. The van der Waals surface area contributed by atoms with Gasteiger partial charge in [0.25, 0.3) is 11.8 Å². The van der Waals surface area contributed by atoms with Crippen LogP contribution in [0.4, 0.5) is 0 Å². The number of hydrogen-bond acceptors (Lipinski definition) is 8. The maximum Gasteiger partial charge on any atom is 0.272 e. The molecule has 2 aromatic heterocycles. The van der Waals surface area contributed by atoms with Gasteiger partial charge in [-0.1, -0.05) is 12.1 Å². The molecular formula is C24H24N6O4S. The van der Waals surface area contributed by atoms with E-state index in [1.807, 2.05) is 12.1 Å². The van der Waals surface area contributed by atoms with Crippen molar-refractivity contribution in [3.05, 3.63) is 52.5 Å². The van der Waals surface area contributed by atoms with Gasteiger partial charge in [0, 0.05) is 25.7 Å². The van der Waals surface area contributed by atoms with Gasteiger partial charge < -0.3 is 9.32 Å². The Bertz CT molecular complexity index is 1470. The van der Waals surface area contributed by atoms with Gasteiger partial charge in [-0.3, -0.25) is 9.48 Å². The summed E-state index contributed by atoms with van der Waals surface area (Å²) >= 11 is 0. The summed E-state index contributed by atoms with van der Waals surface area (Å²) in [6.45, 7) is 0.679. The number of carbonyl (C=O) groups excluding carboxylic acids is 1. The van der Waals surface area contributed by atoms with Crippen LogP contribution in [-0.4, -0.2) is 62.3 Å². The highest BCUT2D eigenvalue weighted by Gasteiger charge is 2.60. The number of carbonyl (C=O) groups is 1. The van der Waals surface area contributed by atoms with Gasteiger partial charge in [-0.05, 0) is 49.8 Å². The van der Waals surface area contributed by atoms with Crippen molar-refractivity contribution in [3.63, 3.8) is 0 Å². The molecule has 10 nitrogen and oxygen atoms in total. The molecule has 0 saturated heterocycles. The van der Waals surface area contributed by atoms with E-state index in [9.17, 15) is 13.2 Å². The molecule has 0 N–H and O–H groups in total. The number of amides is 1. The lowest BCUT2D eigenvalue weighted by atomic mass is 10.0. The standard InChI is InChI=1S/C24H24N6O4S/c1-29-21-18(8-11-30(23(21)31)14-24(9-10-24)35(32,33)17-6-7-17)20(28-29)22-27-26-19(34-22)12-15-2-4-16(13-25)5-3-15/h2-5,17H,6-12,14H2,1H3. The molecule has 1 aliphatic heterocycles. The van der Waals surface area contributed by atoms with E-state index in [2.05, 4.69) is 21.4 Å². The molecule has 3 aromatic rings. The fraction of sp³-hybridized carbons (Fsp3) is 0.458. The summed E-state index contributed by atoms with van der Waals surface area (Å²) < 4.78 is 32.5. The second-order valence-corrected chi connectivity index (χ2v) is 12.3. The minimum Gasteiger partial charge on any atom is -0.419 e. The van der Waals surface area contributed by atoms with Crippen molar-refractivity contribution in [3.8, 4) is 17.7 Å². The van der Waals surface area contributed by atoms with Crippen LogP contribution in [0.25, 0.3) is 11.6 Å². The molecule has 6 rings (SSSR count). The Kier molecular flexibility index (Phi) is 4.86. The zero-order chi connectivity index (χ0) is 24.4. The van der Waals surface area contributed by atoms with E-state index in [1.165, 1.54) is 4.68 Å². The van der Waals surface area contributed by atoms with Gasteiger partial charge in [-0.25, -0.2) is 8.42 Å². The maximum absolute atomic E-state index is 13.4. The maximum atomic E-state index is 13.4. The molecule has 11 heteroatoms. The van der Waals surface area contributed by atoms with Crippen LogP contribution >= 0.6 is 0 Å². The largest absolute Gasteiger partial charge is 0.419 e. The van der Waals surface area contributed by atoms with Crippen LogP contribution in [0.1, 0.15) is 58.8 Å². The molecule has 0 radical (unpaired) electrons. The van der Waals surface area contributed by atoms with Crippen LogP contribution in [0.5, 0.6) is 0 Å².